The number of carbonyl (C=O) groups is 1. The highest BCUT2D eigenvalue weighted by molar-refractivity contribution is 6.17. The average molecular weight is 408 g/mol. The van der Waals surface area contributed by atoms with Gasteiger partial charge in [-0.15, -0.1) is 0 Å². The van der Waals surface area contributed by atoms with E-state index in [9.17, 15) is 23.1 Å². The summed E-state index contributed by atoms with van der Waals surface area (Å²) in [4.78, 5) is 25.2. The van der Waals surface area contributed by atoms with E-state index in [-0.39, 0.29) is 24.4 Å². The summed E-state index contributed by atoms with van der Waals surface area (Å²) >= 11 is 0. The Morgan fingerprint density at radius 1 is 1.34 bits per heavy atom. The molecule has 4 N–H and O–H groups in total. The second-order valence-electron chi connectivity index (χ2n) is 7.08. The van der Waals surface area contributed by atoms with Gasteiger partial charge < -0.3 is 15.8 Å². The Morgan fingerprint density at radius 2 is 2.17 bits per heavy atom. The lowest BCUT2D eigenvalue weighted by Gasteiger charge is -2.20. The first-order valence-corrected chi connectivity index (χ1v) is 9.17. The van der Waals surface area contributed by atoms with E-state index in [4.69, 9.17) is 0 Å². The molecule has 29 heavy (non-hydrogen) atoms. The van der Waals surface area contributed by atoms with E-state index in [1.54, 1.807) is 0 Å². The summed E-state index contributed by atoms with van der Waals surface area (Å²) < 4.78 is 40.7. The Balaban J connectivity index is 1.49. The largest absolute Gasteiger partial charge is 0.388 e. The third kappa shape index (κ3) is 3.87. The molecule has 11 heteroatoms. The summed E-state index contributed by atoms with van der Waals surface area (Å²) in [5.41, 5.74) is 5.57. The molecule has 8 nitrogen and oxygen atoms in total. The van der Waals surface area contributed by atoms with Gasteiger partial charge in [-0.2, -0.15) is 0 Å². The van der Waals surface area contributed by atoms with Crippen molar-refractivity contribution < 1.29 is 23.1 Å². The van der Waals surface area contributed by atoms with Crippen LogP contribution >= 0.6 is 0 Å². The molecule has 2 fully saturated rings. The van der Waals surface area contributed by atoms with Crippen LogP contribution in [0, 0.1) is 17.6 Å². The number of hydrazine groups is 1. The predicted molar refractivity (Wildman–Crippen MR) is 99.0 cm³/mol. The second-order valence-corrected chi connectivity index (χ2v) is 7.08. The number of hydrogen-bond donors (Lipinski definition) is 4. The minimum atomic E-state index is -1.34. The fourth-order valence-corrected chi connectivity index (χ4v) is 3.61. The average Bonchev–Trinajstić information content (AvgIpc) is 3.28. The van der Waals surface area contributed by atoms with Crippen molar-refractivity contribution in [2.24, 2.45) is 20.9 Å². The van der Waals surface area contributed by atoms with Crippen LogP contribution in [0.2, 0.25) is 0 Å². The van der Waals surface area contributed by atoms with Crippen LogP contribution in [-0.4, -0.2) is 53.4 Å². The molecular weight excluding hydrogens is 389 g/mol. The molecule has 0 bridgehead atoms. The SMILES string of the molecule is O=C(NCc1cc(F)ccc1F)C1NNC2=NC=NC(=N[C@H]3CC[C@H](F)[C@@H]3O)C21. The maximum atomic E-state index is 13.8. The molecule has 1 aromatic carbocycles. The number of aliphatic imine (C=N–C) groups is 3. The quantitative estimate of drug-likeness (QED) is 0.577. The monoisotopic (exact) mass is 408 g/mol. The number of nitrogens with zero attached hydrogens (tertiary/aromatic N) is 3. The maximum Gasteiger partial charge on any atom is 0.240 e. The van der Waals surface area contributed by atoms with Crippen LogP contribution in [0.5, 0.6) is 0 Å². The van der Waals surface area contributed by atoms with Crippen LogP contribution in [0.1, 0.15) is 18.4 Å². The number of benzene rings is 1. The van der Waals surface area contributed by atoms with Gasteiger partial charge >= 0.3 is 0 Å². The fraction of sp³-hybridized carbons (Fsp3) is 0.444. The zero-order chi connectivity index (χ0) is 20.5. The lowest BCUT2D eigenvalue weighted by Crippen LogP contribution is -2.47. The first kappa shape index (κ1) is 19.5. The van der Waals surface area contributed by atoms with E-state index in [1.807, 2.05) is 0 Å². The smallest absolute Gasteiger partial charge is 0.240 e. The molecule has 3 aliphatic rings. The second kappa shape index (κ2) is 7.91. The number of aliphatic hydroxyl groups is 1. The van der Waals surface area contributed by atoms with Gasteiger partial charge in [-0.05, 0) is 31.0 Å². The lowest BCUT2D eigenvalue weighted by molar-refractivity contribution is -0.123. The Hall–Kier alpha value is -2.79. The molecular formula is C18H19F3N6O2. The third-order valence-corrected chi connectivity index (χ3v) is 5.19. The molecule has 1 saturated heterocycles. The number of amides is 1. The molecule has 0 aromatic heterocycles. The van der Waals surface area contributed by atoms with Gasteiger partial charge in [-0.1, -0.05) is 0 Å². The van der Waals surface area contributed by atoms with Gasteiger partial charge in [0.15, 0.2) is 0 Å². The van der Waals surface area contributed by atoms with Crippen molar-refractivity contribution in [2.45, 2.75) is 43.7 Å². The van der Waals surface area contributed by atoms with Gasteiger partial charge in [0, 0.05) is 12.1 Å². The van der Waals surface area contributed by atoms with Crippen molar-refractivity contribution in [1.29, 1.82) is 0 Å². The predicted octanol–water partition coefficient (Wildman–Crippen LogP) is 0.374. The molecule has 1 aromatic rings. The molecule has 1 amide bonds. The number of halogens is 3. The van der Waals surface area contributed by atoms with Crippen LogP contribution in [0.4, 0.5) is 13.2 Å². The standard InChI is InChI=1S/C18H19F3N6O2/c19-9-1-2-10(20)8(5-9)6-22-18(29)14-13-16(23-7-24-17(13)27-26-14)25-12-4-3-11(21)15(12)28/h1-2,5,7,11-15,26,28H,3-4,6H2,(H,22,29)(H,23,24,25,27)/t11-,12-,13?,14?,15-/m0/s1. The number of alkyl halides is 1. The van der Waals surface area contributed by atoms with Crippen LogP contribution in [0.15, 0.2) is 33.2 Å². The zero-order valence-electron chi connectivity index (χ0n) is 15.1. The number of rotatable bonds is 4. The Labute approximate surface area is 164 Å². The molecule has 1 aliphatic carbocycles. The Bertz CT molecular complexity index is 906. The van der Waals surface area contributed by atoms with Crippen LogP contribution < -0.4 is 16.2 Å². The molecule has 0 spiro atoms. The summed E-state index contributed by atoms with van der Waals surface area (Å²) in [5.74, 6) is -1.78. The van der Waals surface area contributed by atoms with Crippen molar-refractivity contribution in [3.63, 3.8) is 0 Å². The van der Waals surface area contributed by atoms with Gasteiger partial charge in [0.2, 0.25) is 5.91 Å². The number of hydrogen-bond acceptors (Lipinski definition) is 6. The fourth-order valence-electron chi connectivity index (χ4n) is 3.61. The van der Waals surface area contributed by atoms with Gasteiger partial charge in [-0.3, -0.25) is 9.79 Å². The highest BCUT2D eigenvalue weighted by Gasteiger charge is 2.44. The topological polar surface area (TPSA) is 110 Å². The van der Waals surface area contributed by atoms with Gasteiger partial charge in [0.1, 0.15) is 53.9 Å². The molecule has 2 unspecified atom stereocenters. The number of carbonyl (C=O) groups excluding carboxylic acids is 1. The molecule has 0 radical (unpaired) electrons. The molecule has 2 heterocycles. The van der Waals surface area contributed by atoms with Gasteiger partial charge in [0.05, 0.1) is 6.04 Å². The van der Waals surface area contributed by atoms with E-state index in [0.29, 0.717) is 12.3 Å². The Morgan fingerprint density at radius 3 is 2.93 bits per heavy atom. The van der Waals surface area contributed by atoms with Gasteiger partial charge in [-0.25, -0.2) is 28.6 Å². The summed E-state index contributed by atoms with van der Waals surface area (Å²) in [5, 5.41) is 12.5. The number of nitrogens with one attached hydrogen (secondary N) is 3. The van der Waals surface area contributed by atoms with E-state index in [1.165, 1.54) is 6.34 Å². The maximum absolute atomic E-state index is 13.8. The van der Waals surface area contributed by atoms with Crippen LogP contribution in [-0.2, 0) is 11.3 Å². The summed E-state index contributed by atoms with van der Waals surface area (Å²) in [7, 11) is 0. The van der Waals surface area contributed by atoms with E-state index in [2.05, 4.69) is 31.1 Å². The molecule has 4 rings (SSSR count). The minimum absolute atomic E-state index is 0.0109. The lowest BCUT2D eigenvalue weighted by atomic mass is 9.97. The first-order chi connectivity index (χ1) is 13.9. The molecule has 5 atom stereocenters. The van der Waals surface area contributed by atoms with E-state index < -0.39 is 47.8 Å². The number of aliphatic hydroxyl groups excluding tert-OH is 1. The minimum Gasteiger partial charge on any atom is -0.388 e. The highest BCUT2D eigenvalue weighted by Crippen LogP contribution is 2.27. The molecule has 2 aliphatic heterocycles. The highest BCUT2D eigenvalue weighted by atomic mass is 19.1. The Kier molecular flexibility index (Phi) is 5.33. The zero-order valence-corrected chi connectivity index (χ0v) is 15.1. The summed E-state index contributed by atoms with van der Waals surface area (Å²) in [6, 6.07) is 1.47. The number of amidine groups is 2. The number of fused-ring (bicyclic) bond motifs is 1. The van der Waals surface area contributed by atoms with Crippen molar-refractivity contribution in [2.75, 3.05) is 0 Å². The van der Waals surface area contributed by atoms with Crippen molar-refractivity contribution >= 4 is 23.9 Å². The van der Waals surface area contributed by atoms with E-state index >= 15 is 0 Å². The normalized spacial score (nSPS) is 32.1. The summed E-state index contributed by atoms with van der Waals surface area (Å²) in [6.45, 7) is -0.208. The van der Waals surface area contributed by atoms with Crippen LogP contribution in [0.3, 0.4) is 0 Å². The van der Waals surface area contributed by atoms with Crippen molar-refractivity contribution in [1.82, 2.24) is 16.2 Å². The van der Waals surface area contributed by atoms with Crippen molar-refractivity contribution in [3.8, 4) is 0 Å². The van der Waals surface area contributed by atoms with E-state index in [0.717, 1.165) is 18.2 Å². The van der Waals surface area contributed by atoms with Crippen LogP contribution in [0.25, 0.3) is 0 Å². The van der Waals surface area contributed by atoms with Crippen molar-refractivity contribution in [3.05, 3.63) is 35.4 Å². The van der Waals surface area contributed by atoms with Gasteiger partial charge in [0.25, 0.3) is 0 Å². The molecule has 1 saturated carbocycles. The third-order valence-electron chi connectivity index (χ3n) is 5.19. The molecule has 154 valence electrons. The first-order valence-electron chi connectivity index (χ1n) is 9.17. The summed E-state index contributed by atoms with van der Waals surface area (Å²) in [6.07, 6.45) is -0.722.